The molecule has 0 bridgehead atoms. The molecule has 6 nitrogen and oxygen atoms in total. The summed E-state index contributed by atoms with van der Waals surface area (Å²) in [6.45, 7) is 0.929. The zero-order chi connectivity index (χ0) is 15.1. The molecule has 0 spiro atoms. The Morgan fingerprint density at radius 3 is 2.86 bits per heavy atom. The van der Waals surface area contributed by atoms with E-state index in [4.69, 9.17) is 4.74 Å². The number of hydrogen-bond acceptors (Lipinski definition) is 5. The molecule has 2 aromatic rings. The molecule has 0 aliphatic rings. The Labute approximate surface area is 122 Å². The Morgan fingerprint density at radius 2 is 2.19 bits per heavy atom. The van der Waals surface area contributed by atoms with Crippen LogP contribution in [0.1, 0.15) is 11.3 Å². The van der Waals surface area contributed by atoms with E-state index in [1.54, 1.807) is 19.3 Å². The Hall–Kier alpha value is -2.47. The van der Waals surface area contributed by atoms with E-state index < -0.39 is 4.92 Å². The zero-order valence-electron chi connectivity index (χ0n) is 11.8. The van der Waals surface area contributed by atoms with Gasteiger partial charge in [-0.3, -0.25) is 15.1 Å². The lowest BCUT2D eigenvalue weighted by molar-refractivity contribution is -0.385. The van der Waals surface area contributed by atoms with E-state index >= 15 is 0 Å². The Morgan fingerprint density at radius 1 is 1.33 bits per heavy atom. The van der Waals surface area contributed by atoms with E-state index in [0.29, 0.717) is 19.6 Å². The largest absolute Gasteiger partial charge is 0.486 e. The fraction of sp³-hybridized carbons (Fsp3) is 0.267. The van der Waals surface area contributed by atoms with Crippen LogP contribution in [0.15, 0.2) is 42.6 Å². The van der Waals surface area contributed by atoms with Crippen molar-refractivity contribution in [2.45, 2.75) is 13.0 Å². The highest BCUT2D eigenvalue weighted by molar-refractivity contribution is 5.48. The molecule has 0 amide bonds. The number of rotatable bonds is 7. The summed E-state index contributed by atoms with van der Waals surface area (Å²) in [5, 5.41) is 14.1. The zero-order valence-corrected chi connectivity index (χ0v) is 11.8. The molecule has 6 heteroatoms. The van der Waals surface area contributed by atoms with Gasteiger partial charge in [0, 0.05) is 30.9 Å². The summed E-state index contributed by atoms with van der Waals surface area (Å²) in [5.41, 5.74) is 1.73. The molecule has 0 saturated carbocycles. The van der Waals surface area contributed by atoms with Crippen LogP contribution in [0.5, 0.6) is 5.75 Å². The number of nitro benzene ring substituents is 1. The fourth-order valence-corrected chi connectivity index (χ4v) is 1.95. The maximum Gasteiger partial charge on any atom is 0.311 e. The van der Waals surface area contributed by atoms with E-state index in [1.807, 2.05) is 24.3 Å². The van der Waals surface area contributed by atoms with E-state index in [0.717, 1.165) is 11.3 Å². The second-order valence-corrected chi connectivity index (χ2v) is 4.51. The van der Waals surface area contributed by atoms with Crippen molar-refractivity contribution < 1.29 is 9.66 Å². The maximum atomic E-state index is 11.1. The number of benzene rings is 1. The minimum atomic E-state index is -0.421. The highest BCUT2D eigenvalue weighted by Crippen LogP contribution is 2.28. The monoisotopic (exact) mass is 287 g/mol. The number of ether oxygens (including phenoxy) is 1. The maximum absolute atomic E-state index is 11.1. The van der Waals surface area contributed by atoms with Crippen LogP contribution in [0.2, 0.25) is 0 Å². The molecule has 21 heavy (non-hydrogen) atoms. The molecule has 0 aliphatic carbocycles. The second kappa shape index (κ2) is 7.35. The van der Waals surface area contributed by atoms with E-state index in [1.165, 1.54) is 6.07 Å². The van der Waals surface area contributed by atoms with Gasteiger partial charge in [-0.2, -0.15) is 0 Å². The topological polar surface area (TPSA) is 77.3 Å². The summed E-state index contributed by atoms with van der Waals surface area (Å²) in [7, 11) is 1.79. The molecule has 1 aromatic carbocycles. The third-order valence-corrected chi connectivity index (χ3v) is 2.94. The first-order valence-electron chi connectivity index (χ1n) is 6.65. The number of nitro groups is 1. The highest BCUT2D eigenvalue weighted by Gasteiger charge is 2.15. The molecule has 1 heterocycles. The van der Waals surface area contributed by atoms with Crippen LogP contribution in [0.4, 0.5) is 5.69 Å². The summed E-state index contributed by atoms with van der Waals surface area (Å²) in [6, 6.07) is 10.6. The molecule has 0 unspecified atom stereocenters. The van der Waals surface area contributed by atoms with Crippen molar-refractivity contribution >= 4 is 5.69 Å². The predicted octanol–water partition coefficient (Wildman–Crippen LogP) is 2.33. The van der Waals surface area contributed by atoms with Crippen LogP contribution in [0.25, 0.3) is 0 Å². The Bertz CT molecular complexity index is 602. The quantitative estimate of drug-likeness (QED) is 0.624. The molecule has 1 aromatic heterocycles. The SMILES string of the molecule is CNCc1ccc(OCCc2ccccn2)c([N+](=O)[O-])c1. The second-order valence-electron chi connectivity index (χ2n) is 4.51. The molecule has 0 fully saturated rings. The summed E-state index contributed by atoms with van der Waals surface area (Å²) >= 11 is 0. The first-order valence-corrected chi connectivity index (χ1v) is 6.65. The molecule has 0 saturated heterocycles. The third-order valence-electron chi connectivity index (χ3n) is 2.94. The number of aromatic nitrogens is 1. The van der Waals surface area contributed by atoms with Crippen LogP contribution >= 0.6 is 0 Å². The van der Waals surface area contributed by atoms with Crippen LogP contribution in [-0.4, -0.2) is 23.6 Å². The van der Waals surface area contributed by atoms with Gasteiger partial charge in [0.05, 0.1) is 11.5 Å². The van der Waals surface area contributed by atoms with E-state index in [2.05, 4.69) is 10.3 Å². The van der Waals surface area contributed by atoms with Crippen molar-refractivity contribution in [1.29, 1.82) is 0 Å². The van der Waals surface area contributed by atoms with Gasteiger partial charge < -0.3 is 10.1 Å². The third kappa shape index (κ3) is 4.25. The predicted molar refractivity (Wildman–Crippen MR) is 79.3 cm³/mol. The number of hydrogen-bond donors (Lipinski definition) is 1. The van der Waals surface area contributed by atoms with Crippen molar-refractivity contribution in [3.8, 4) is 5.75 Å². The highest BCUT2D eigenvalue weighted by atomic mass is 16.6. The van der Waals surface area contributed by atoms with Gasteiger partial charge in [-0.25, -0.2) is 0 Å². The number of nitrogens with one attached hydrogen (secondary N) is 1. The van der Waals surface area contributed by atoms with Crippen molar-refractivity contribution in [3.05, 3.63) is 64.0 Å². The lowest BCUT2D eigenvalue weighted by atomic mass is 10.2. The van der Waals surface area contributed by atoms with Gasteiger partial charge in [0.25, 0.3) is 0 Å². The summed E-state index contributed by atoms with van der Waals surface area (Å²) in [4.78, 5) is 14.9. The summed E-state index contributed by atoms with van der Waals surface area (Å²) in [6.07, 6.45) is 2.32. The van der Waals surface area contributed by atoms with Gasteiger partial charge in [-0.1, -0.05) is 12.1 Å². The minimum Gasteiger partial charge on any atom is -0.486 e. The van der Waals surface area contributed by atoms with Gasteiger partial charge >= 0.3 is 5.69 Å². The molecule has 1 N–H and O–H groups in total. The van der Waals surface area contributed by atoms with Crippen LogP contribution in [-0.2, 0) is 13.0 Å². The first kappa shape index (κ1) is 14.9. The van der Waals surface area contributed by atoms with Crippen LogP contribution in [0, 0.1) is 10.1 Å². The molecule has 110 valence electrons. The van der Waals surface area contributed by atoms with Crippen molar-refractivity contribution in [3.63, 3.8) is 0 Å². The van der Waals surface area contributed by atoms with Gasteiger partial charge in [-0.15, -0.1) is 0 Å². The summed E-state index contributed by atoms with van der Waals surface area (Å²) < 4.78 is 5.53. The van der Waals surface area contributed by atoms with Gasteiger partial charge in [-0.05, 0) is 30.8 Å². The lowest BCUT2D eigenvalue weighted by Crippen LogP contribution is -2.07. The Kier molecular flexibility index (Phi) is 5.22. The minimum absolute atomic E-state index is 0.0104. The molecule has 0 aliphatic heterocycles. The van der Waals surface area contributed by atoms with Gasteiger partial charge in [0.15, 0.2) is 5.75 Å². The summed E-state index contributed by atoms with van der Waals surface area (Å²) in [5.74, 6) is 0.288. The van der Waals surface area contributed by atoms with Crippen molar-refractivity contribution in [1.82, 2.24) is 10.3 Å². The van der Waals surface area contributed by atoms with Crippen molar-refractivity contribution in [2.24, 2.45) is 0 Å². The normalized spacial score (nSPS) is 10.3. The van der Waals surface area contributed by atoms with E-state index in [9.17, 15) is 10.1 Å². The molecule has 2 rings (SSSR count). The van der Waals surface area contributed by atoms with E-state index in [-0.39, 0.29) is 11.4 Å². The lowest BCUT2D eigenvalue weighted by Gasteiger charge is -2.08. The standard InChI is InChI=1S/C15H17N3O3/c1-16-11-12-5-6-15(14(10-12)18(19)20)21-9-7-13-4-2-3-8-17-13/h2-6,8,10,16H,7,9,11H2,1H3. The average molecular weight is 287 g/mol. The van der Waals surface area contributed by atoms with Gasteiger partial charge in [0.1, 0.15) is 0 Å². The number of pyridine rings is 1. The Balaban J connectivity index is 2.03. The van der Waals surface area contributed by atoms with Crippen LogP contribution in [0.3, 0.4) is 0 Å². The van der Waals surface area contributed by atoms with Crippen LogP contribution < -0.4 is 10.1 Å². The smallest absolute Gasteiger partial charge is 0.311 e. The first-order chi connectivity index (χ1) is 10.2. The fourth-order valence-electron chi connectivity index (χ4n) is 1.95. The molecular weight excluding hydrogens is 270 g/mol. The molecule has 0 radical (unpaired) electrons. The molecular formula is C15H17N3O3. The molecule has 0 atom stereocenters. The average Bonchev–Trinajstić information content (AvgIpc) is 2.49. The number of nitrogens with zero attached hydrogens (tertiary/aromatic N) is 2. The van der Waals surface area contributed by atoms with Crippen molar-refractivity contribution in [2.75, 3.05) is 13.7 Å². The van der Waals surface area contributed by atoms with Gasteiger partial charge in [0.2, 0.25) is 0 Å².